The van der Waals surface area contributed by atoms with Gasteiger partial charge in [0.05, 0.1) is 12.0 Å². The minimum atomic E-state index is 0.0554. The van der Waals surface area contributed by atoms with E-state index < -0.39 is 0 Å². The van der Waals surface area contributed by atoms with Gasteiger partial charge in [-0.3, -0.25) is 0 Å². The quantitative estimate of drug-likeness (QED) is 0.750. The summed E-state index contributed by atoms with van der Waals surface area (Å²) in [5, 5.41) is 4.21. The van der Waals surface area contributed by atoms with Crippen LogP contribution in [0, 0.1) is 0 Å². The summed E-state index contributed by atoms with van der Waals surface area (Å²) in [6, 6.07) is 0. The molecule has 0 amide bonds. The van der Waals surface area contributed by atoms with E-state index in [-0.39, 0.29) is 5.41 Å². The molecule has 1 aliphatic carbocycles. The second-order valence-corrected chi connectivity index (χ2v) is 5.95. The van der Waals surface area contributed by atoms with Gasteiger partial charge in [0.2, 0.25) is 5.89 Å². The molecule has 1 unspecified atom stereocenters. The van der Waals surface area contributed by atoms with E-state index in [9.17, 15) is 0 Å². The Kier molecular flexibility index (Phi) is 4.36. The highest BCUT2D eigenvalue weighted by atomic mass is 16.5. The van der Waals surface area contributed by atoms with Crippen LogP contribution in [0.3, 0.4) is 0 Å². The van der Waals surface area contributed by atoms with E-state index in [1.807, 2.05) is 6.92 Å². The van der Waals surface area contributed by atoms with Gasteiger partial charge < -0.3 is 14.0 Å². The van der Waals surface area contributed by atoms with Crippen molar-refractivity contribution in [1.29, 1.82) is 0 Å². The molecule has 1 aliphatic heterocycles. The summed E-state index contributed by atoms with van der Waals surface area (Å²) in [6.45, 7) is 5.12. The van der Waals surface area contributed by atoms with Crippen molar-refractivity contribution >= 4 is 0 Å². The van der Waals surface area contributed by atoms with Crippen molar-refractivity contribution in [2.75, 3.05) is 26.4 Å². The van der Waals surface area contributed by atoms with Crippen molar-refractivity contribution < 1.29 is 14.0 Å². The minimum Gasteiger partial charge on any atom is -0.382 e. The largest absolute Gasteiger partial charge is 0.382 e. The molecule has 0 N–H and O–H groups in total. The van der Waals surface area contributed by atoms with Gasteiger partial charge >= 0.3 is 0 Å². The Hall–Kier alpha value is -0.940. The molecule has 1 aromatic heterocycles. The molecule has 2 fully saturated rings. The van der Waals surface area contributed by atoms with Gasteiger partial charge in [0.25, 0.3) is 0 Å². The molecule has 0 radical (unpaired) electrons. The summed E-state index contributed by atoms with van der Waals surface area (Å²) in [7, 11) is 0. The molecule has 2 heterocycles. The molecule has 5 nitrogen and oxygen atoms in total. The maximum atomic E-state index is 5.62. The average molecular weight is 280 g/mol. The summed E-state index contributed by atoms with van der Waals surface area (Å²) in [6.07, 6.45) is 6.77. The zero-order valence-corrected chi connectivity index (χ0v) is 12.3. The number of nitrogens with zero attached hydrogens (tertiary/aromatic N) is 2. The minimum absolute atomic E-state index is 0.0554. The van der Waals surface area contributed by atoms with Gasteiger partial charge in [0.15, 0.2) is 5.82 Å². The summed E-state index contributed by atoms with van der Waals surface area (Å²) in [4.78, 5) is 4.71. The van der Waals surface area contributed by atoms with Crippen LogP contribution in [-0.2, 0) is 14.9 Å². The molecule has 1 aromatic rings. The van der Waals surface area contributed by atoms with Crippen molar-refractivity contribution in [3.63, 3.8) is 0 Å². The van der Waals surface area contributed by atoms with Crippen LogP contribution in [0.25, 0.3) is 0 Å². The van der Waals surface area contributed by atoms with Crippen molar-refractivity contribution in [3.8, 4) is 0 Å². The SMILES string of the molecule is CCOCCC1(c2nc(C3CCOC3)no2)CCCC1. The van der Waals surface area contributed by atoms with Crippen LogP contribution < -0.4 is 0 Å². The zero-order chi connectivity index (χ0) is 13.8. The molecule has 1 saturated heterocycles. The Labute approximate surface area is 120 Å². The highest BCUT2D eigenvalue weighted by Crippen LogP contribution is 2.43. The van der Waals surface area contributed by atoms with Crippen molar-refractivity contribution in [3.05, 3.63) is 11.7 Å². The van der Waals surface area contributed by atoms with Crippen molar-refractivity contribution in [2.45, 2.75) is 56.8 Å². The zero-order valence-electron chi connectivity index (χ0n) is 12.3. The maximum absolute atomic E-state index is 5.62. The van der Waals surface area contributed by atoms with E-state index in [2.05, 4.69) is 5.16 Å². The molecule has 2 aliphatic rings. The monoisotopic (exact) mass is 280 g/mol. The highest BCUT2D eigenvalue weighted by molar-refractivity contribution is 5.10. The molecule has 20 heavy (non-hydrogen) atoms. The van der Waals surface area contributed by atoms with Gasteiger partial charge in [0.1, 0.15) is 0 Å². The molecule has 112 valence electrons. The fourth-order valence-electron chi connectivity index (χ4n) is 3.39. The molecular formula is C15H24N2O3. The Morgan fingerprint density at radius 1 is 1.35 bits per heavy atom. The van der Waals surface area contributed by atoms with Crippen LogP contribution in [0.2, 0.25) is 0 Å². The summed E-state index contributed by atoms with van der Waals surface area (Å²) in [5.41, 5.74) is 0.0554. The Balaban J connectivity index is 1.73. The number of hydrogen-bond acceptors (Lipinski definition) is 5. The van der Waals surface area contributed by atoms with Gasteiger partial charge in [-0.15, -0.1) is 0 Å². The van der Waals surface area contributed by atoms with Crippen LogP contribution in [0.4, 0.5) is 0 Å². The molecule has 0 bridgehead atoms. The molecule has 1 saturated carbocycles. The summed E-state index contributed by atoms with van der Waals surface area (Å²) < 4.78 is 16.6. The van der Waals surface area contributed by atoms with E-state index in [0.29, 0.717) is 5.92 Å². The van der Waals surface area contributed by atoms with E-state index in [0.717, 1.165) is 63.8 Å². The lowest BCUT2D eigenvalue weighted by molar-refractivity contribution is 0.116. The van der Waals surface area contributed by atoms with E-state index in [1.54, 1.807) is 0 Å². The summed E-state index contributed by atoms with van der Waals surface area (Å²) >= 11 is 0. The van der Waals surface area contributed by atoms with Crippen molar-refractivity contribution in [1.82, 2.24) is 10.1 Å². The predicted octanol–water partition coefficient (Wildman–Crippen LogP) is 2.81. The molecule has 5 heteroatoms. The van der Waals surface area contributed by atoms with Gasteiger partial charge in [-0.05, 0) is 32.6 Å². The van der Waals surface area contributed by atoms with Crippen LogP contribution >= 0.6 is 0 Å². The first-order valence-electron chi connectivity index (χ1n) is 7.84. The van der Waals surface area contributed by atoms with E-state index in [1.165, 1.54) is 12.8 Å². The molecule has 0 spiro atoms. The third kappa shape index (κ3) is 2.74. The van der Waals surface area contributed by atoms with Crippen LogP contribution in [0.15, 0.2) is 4.52 Å². The molecule has 1 atom stereocenters. The third-order valence-electron chi connectivity index (χ3n) is 4.68. The van der Waals surface area contributed by atoms with Crippen LogP contribution in [-0.4, -0.2) is 36.6 Å². The van der Waals surface area contributed by atoms with Crippen LogP contribution in [0.5, 0.6) is 0 Å². The lowest BCUT2D eigenvalue weighted by Crippen LogP contribution is -2.25. The fourth-order valence-corrected chi connectivity index (χ4v) is 3.39. The first kappa shape index (κ1) is 14.0. The number of rotatable bonds is 6. The van der Waals surface area contributed by atoms with Gasteiger partial charge in [0, 0.05) is 25.7 Å². The topological polar surface area (TPSA) is 57.4 Å². The third-order valence-corrected chi connectivity index (χ3v) is 4.68. The summed E-state index contributed by atoms with van der Waals surface area (Å²) in [5.74, 6) is 1.98. The lowest BCUT2D eigenvalue weighted by atomic mass is 9.83. The Morgan fingerprint density at radius 3 is 2.90 bits per heavy atom. The number of ether oxygens (including phenoxy) is 2. The van der Waals surface area contributed by atoms with Crippen molar-refractivity contribution in [2.24, 2.45) is 0 Å². The Bertz CT molecular complexity index is 421. The van der Waals surface area contributed by atoms with Crippen LogP contribution in [0.1, 0.15) is 63.1 Å². The number of hydrogen-bond donors (Lipinski definition) is 0. The lowest BCUT2D eigenvalue weighted by Gasteiger charge is -2.24. The van der Waals surface area contributed by atoms with Gasteiger partial charge in [-0.2, -0.15) is 4.98 Å². The molecule has 3 rings (SSSR count). The maximum Gasteiger partial charge on any atom is 0.232 e. The van der Waals surface area contributed by atoms with E-state index >= 15 is 0 Å². The second-order valence-electron chi connectivity index (χ2n) is 5.95. The number of aromatic nitrogens is 2. The average Bonchev–Trinajstić information content (AvgIpc) is 3.20. The fraction of sp³-hybridized carbons (Fsp3) is 0.867. The van der Waals surface area contributed by atoms with E-state index in [4.69, 9.17) is 19.0 Å². The molecule has 0 aromatic carbocycles. The standard InChI is InChI=1S/C15H24N2O3/c1-2-18-10-8-15(6-3-4-7-15)14-16-13(17-20-14)12-5-9-19-11-12/h12H,2-11H2,1H3. The highest BCUT2D eigenvalue weighted by Gasteiger charge is 2.41. The predicted molar refractivity (Wildman–Crippen MR) is 73.7 cm³/mol. The first-order chi connectivity index (χ1) is 9.84. The first-order valence-corrected chi connectivity index (χ1v) is 7.84. The van der Waals surface area contributed by atoms with Gasteiger partial charge in [-0.25, -0.2) is 0 Å². The molecular weight excluding hydrogens is 256 g/mol. The smallest absolute Gasteiger partial charge is 0.232 e. The second kappa shape index (κ2) is 6.22. The van der Waals surface area contributed by atoms with Gasteiger partial charge in [-0.1, -0.05) is 18.0 Å². The Morgan fingerprint density at radius 2 is 2.20 bits per heavy atom. The normalized spacial score (nSPS) is 25.4.